The first-order chi connectivity index (χ1) is 11.6. The number of carbonyl (C=O) groups is 1. The molecule has 0 aliphatic rings. The summed E-state index contributed by atoms with van der Waals surface area (Å²) in [6.07, 6.45) is 0. The number of anilines is 1. The molecule has 0 saturated carbocycles. The van der Waals surface area contributed by atoms with Crippen LogP contribution in [0.25, 0.3) is 0 Å². The summed E-state index contributed by atoms with van der Waals surface area (Å²) in [6, 6.07) is 11.9. The Hall–Kier alpha value is -2.18. The molecule has 2 rings (SSSR count). The molecular weight excluding hydrogens is 336 g/mol. The minimum atomic E-state index is -3.50. The number of rotatable bonds is 5. The van der Waals surface area contributed by atoms with Crippen LogP contribution in [0.15, 0.2) is 47.4 Å². The van der Waals surface area contributed by atoms with Crippen molar-refractivity contribution in [2.75, 3.05) is 19.4 Å². The Bertz CT molecular complexity index is 870. The van der Waals surface area contributed by atoms with Crippen molar-refractivity contribution in [3.05, 3.63) is 59.2 Å². The van der Waals surface area contributed by atoms with Gasteiger partial charge in [-0.25, -0.2) is 12.7 Å². The first kappa shape index (κ1) is 19.1. The van der Waals surface area contributed by atoms with Gasteiger partial charge in [0.2, 0.25) is 10.0 Å². The van der Waals surface area contributed by atoms with Gasteiger partial charge in [-0.1, -0.05) is 32.0 Å². The van der Waals surface area contributed by atoms with E-state index in [0.717, 1.165) is 21.1 Å². The van der Waals surface area contributed by atoms with Crippen LogP contribution in [-0.2, 0) is 10.0 Å². The van der Waals surface area contributed by atoms with E-state index in [4.69, 9.17) is 0 Å². The largest absolute Gasteiger partial charge is 0.321 e. The van der Waals surface area contributed by atoms with Crippen LogP contribution in [0.1, 0.15) is 41.3 Å². The van der Waals surface area contributed by atoms with E-state index in [1.54, 1.807) is 0 Å². The molecule has 0 bridgehead atoms. The van der Waals surface area contributed by atoms with Crippen molar-refractivity contribution in [1.82, 2.24) is 4.31 Å². The number of hydrogen-bond acceptors (Lipinski definition) is 3. The van der Waals surface area contributed by atoms with Gasteiger partial charge in [0.1, 0.15) is 0 Å². The molecule has 0 fully saturated rings. The fourth-order valence-corrected chi connectivity index (χ4v) is 3.42. The minimum Gasteiger partial charge on any atom is -0.321 e. The van der Waals surface area contributed by atoms with Crippen molar-refractivity contribution in [2.45, 2.75) is 31.6 Å². The van der Waals surface area contributed by atoms with E-state index in [-0.39, 0.29) is 16.7 Å². The monoisotopic (exact) mass is 360 g/mol. The zero-order valence-corrected chi connectivity index (χ0v) is 16.0. The van der Waals surface area contributed by atoms with E-state index in [1.165, 1.54) is 38.4 Å². The smallest absolute Gasteiger partial charge is 0.255 e. The normalized spacial score (nSPS) is 11.8. The summed E-state index contributed by atoms with van der Waals surface area (Å²) >= 11 is 0. The fraction of sp³-hybridized carbons (Fsp3) is 0.316. The van der Waals surface area contributed by atoms with Crippen LogP contribution in [0.2, 0.25) is 0 Å². The van der Waals surface area contributed by atoms with Gasteiger partial charge in [0.05, 0.1) is 4.90 Å². The summed E-state index contributed by atoms with van der Waals surface area (Å²) in [7, 11) is -0.554. The number of nitrogens with one attached hydrogen (secondary N) is 1. The molecule has 0 aliphatic heterocycles. The van der Waals surface area contributed by atoms with Crippen molar-refractivity contribution in [2.24, 2.45) is 0 Å². The van der Waals surface area contributed by atoms with Crippen LogP contribution >= 0.6 is 0 Å². The average molecular weight is 360 g/mol. The Kier molecular flexibility index (Phi) is 5.65. The zero-order chi connectivity index (χ0) is 18.8. The van der Waals surface area contributed by atoms with E-state index in [0.29, 0.717) is 5.56 Å². The third-order valence-electron chi connectivity index (χ3n) is 4.06. The Morgan fingerprint density at radius 3 is 2.16 bits per heavy atom. The molecule has 0 aromatic heterocycles. The molecule has 0 aliphatic carbocycles. The Morgan fingerprint density at radius 2 is 1.64 bits per heavy atom. The second-order valence-electron chi connectivity index (χ2n) is 6.46. The lowest BCUT2D eigenvalue weighted by atomic mass is 9.98. The summed E-state index contributed by atoms with van der Waals surface area (Å²) in [5, 5.41) is 2.96. The zero-order valence-electron chi connectivity index (χ0n) is 15.2. The van der Waals surface area contributed by atoms with Crippen molar-refractivity contribution in [3.63, 3.8) is 0 Å². The summed E-state index contributed by atoms with van der Waals surface area (Å²) in [4.78, 5) is 12.7. The molecule has 2 aromatic carbocycles. The highest BCUT2D eigenvalue weighted by Gasteiger charge is 2.18. The van der Waals surface area contributed by atoms with Crippen molar-refractivity contribution >= 4 is 21.6 Å². The van der Waals surface area contributed by atoms with Crippen LogP contribution in [0.4, 0.5) is 5.69 Å². The lowest BCUT2D eigenvalue weighted by Gasteiger charge is -2.16. The highest BCUT2D eigenvalue weighted by molar-refractivity contribution is 7.89. The maximum absolute atomic E-state index is 12.6. The average Bonchev–Trinajstić information content (AvgIpc) is 2.56. The van der Waals surface area contributed by atoms with Gasteiger partial charge in [0.25, 0.3) is 5.91 Å². The van der Waals surface area contributed by atoms with E-state index in [1.807, 2.05) is 25.1 Å². The summed E-state index contributed by atoms with van der Waals surface area (Å²) in [5.41, 5.74) is 3.29. The maximum Gasteiger partial charge on any atom is 0.255 e. The van der Waals surface area contributed by atoms with Gasteiger partial charge in [-0.05, 0) is 48.2 Å². The third kappa shape index (κ3) is 4.08. The molecule has 1 N–H and O–H groups in total. The van der Waals surface area contributed by atoms with E-state index >= 15 is 0 Å². The summed E-state index contributed by atoms with van der Waals surface area (Å²) in [5.74, 6) is 0.0211. The minimum absolute atomic E-state index is 0.160. The first-order valence-electron chi connectivity index (χ1n) is 8.08. The second kappa shape index (κ2) is 7.37. The van der Waals surface area contributed by atoms with Crippen LogP contribution in [0.5, 0.6) is 0 Å². The molecule has 0 saturated heterocycles. The van der Waals surface area contributed by atoms with E-state index in [9.17, 15) is 13.2 Å². The predicted octanol–water partition coefficient (Wildman–Crippen LogP) is 3.62. The molecule has 6 heteroatoms. The van der Waals surface area contributed by atoms with Gasteiger partial charge >= 0.3 is 0 Å². The predicted molar refractivity (Wildman–Crippen MR) is 101 cm³/mol. The molecule has 0 spiro atoms. The number of amides is 1. The molecule has 2 aromatic rings. The molecule has 25 heavy (non-hydrogen) atoms. The highest BCUT2D eigenvalue weighted by Crippen LogP contribution is 2.28. The number of hydrogen-bond donors (Lipinski definition) is 1. The Morgan fingerprint density at radius 1 is 1.04 bits per heavy atom. The number of sulfonamides is 1. The number of benzene rings is 2. The molecular formula is C19H24N2O3S. The van der Waals surface area contributed by atoms with Crippen LogP contribution in [0.3, 0.4) is 0 Å². The quantitative estimate of drug-likeness (QED) is 0.885. The molecule has 134 valence electrons. The van der Waals surface area contributed by atoms with Gasteiger partial charge in [0, 0.05) is 25.3 Å². The fourth-order valence-electron chi connectivity index (χ4n) is 2.52. The Labute approximate surface area is 149 Å². The first-order valence-corrected chi connectivity index (χ1v) is 9.52. The van der Waals surface area contributed by atoms with Gasteiger partial charge in [0.15, 0.2) is 0 Å². The van der Waals surface area contributed by atoms with E-state index in [2.05, 4.69) is 19.2 Å². The van der Waals surface area contributed by atoms with Crippen LogP contribution in [0, 0.1) is 6.92 Å². The SMILES string of the molecule is Cc1cccc(C(C)C)c1NC(=O)c1ccc(S(=O)(=O)N(C)C)cc1. The summed E-state index contributed by atoms with van der Waals surface area (Å²) < 4.78 is 25.3. The van der Waals surface area contributed by atoms with Crippen LogP contribution < -0.4 is 5.32 Å². The van der Waals surface area contributed by atoms with Crippen molar-refractivity contribution in [1.29, 1.82) is 0 Å². The second-order valence-corrected chi connectivity index (χ2v) is 8.61. The van der Waals surface area contributed by atoms with Gasteiger partial charge in [-0.15, -0.1) is 0 Å². The van der Waals surface area contributed by atoms with E-state index < -0.39 is 10.0 Å². The Balaban J connectivity index is 2.29. The maximum atomic E-state index is 12.6. The number of carbonyl (C=O) groups excluding carboxylic acids is 1. The highest BCUT2D eigenvalue weighted by atomic mass is 32.2. The lowest BCUT2D eigenvalue weighted by Crippen LogP contribution is -2.22. The molecule has 0 heterocycles. The van der Waals surface area contributed by atoms with Gasteiger partial charge in [-0.2, -0.15) is 0 Å². The molecule has 0 radical (unpaired) electrons. The molecule has 0 unspecified atom stereocenters. The lowest BCUT2D eigenvalue weighted by molar-refractivity contribution is 0.102. The molecule has 0 atom stereocenters. The number of para-hydroxylation sites is 1. The summed E-state index contributed by atoms with van der Waals surface area (Å²) in [6.45, 7) is 6.10. The number of aryl methyl sites for hydroxylation is 1. The topological polar surface area (TPSA) is 66.5 Å². The van der Waals surface area contributed by atoms with Gasteiger partial charge < -0.3 is 5.32 Å². The number of nitrogens with zero attached hydrogens (tertiary/aromatic N) is 1. The van der Waals surface area contributed by atoms with Crippen LogP contribution in [-0.4, -0.2) is 32.7 Å². The van der Waals surface area contributed by atoms with Crippen molar-refractivity contribution < 1.29 is 13.2 Å². The van der Waals surface area contributed by atoms with Gasteiger partial charge in [-0.3, -0.25) is 4.79 Å². The molecule has 1 amide bonds. The standard InChI is InChI=1S/C19H24N2O3S/c1-13(2)17-8-6-7-14(3)18(17)20-19(22)15-9-11-16(12-10-15)25(23,24)21(4)5/h6-13H,1-5H3,(H,20,22). The molecule has 5 nitrogen and oxygen atoms in total. The van der Waals surface area contributed by atoms with Crippen molar-refractivity contribution in [3.8, 4) is 0 Å². The third-order valence-corrected chi connectivity index (χ3v) is 5.89.